The molecule has 1 atom stereocenters. The summed E-state index contributed by atoms with van der Waals surface area (Å²) in [5, 5.41) is 9.48. The number of alkyl halides is 3. The van der Waals surface area contributed by atoms with Crippen molar-refractivity contribution in [1.82, 2.24) is 19.1 Å². The number of nitrogens with zero attached hydrogens (tertiary/aromatic N) is 4. The van der Waals surface area contributed by atoms with E-state index in [9.17, 15) is 27.5 Å². The van der Waals surface area contributed by atoms with Crippen LogP contribution in [0.15, 0.2) is 35.4 Å². The number of pyridine rings is 2. The summed E-state index contributed by atoms with van der Waals surface area (Å²) in [5.74, 6) is -4.10. The van der Waals surface area contributed by atoms with E-state index in [-0.39, 0.29) is 23.0 Å². The van der Waals surface area contributed by atoms with E-state index < -0.39 is 53.5 Å². The number of ether oxygens (including phenoxy) is 1. The quantitative estimate of drug-likeness (QED) is 0.478. The van der Waals surface area contributed by atoms with Crippen LogP contribution in [0.2, 0.25) is 5.02 Å². The number of rotatable bonds is 7. The molecule has 182 valence electrons. The van der Waals surface area contributed by atoms with Crippen LogP contribution in [0.1, 0.15) is 30.8 Å². The maximum absolute atomic E-state index is 15.1. The van der Waals surface area contributed by atoms with Gasteiger partial charge in [0.1, 0.15) is 5.83 Å². The maximum atomic E-state index is 15.1. The molecule has 0 fully saturated rings. The van der Waals surface area contributed by atoms with Crippen LogP contribution in [0.5, 0.6) is 5.88 Å². The number of aliphatic hydroxyl groups excluding tert-OH is 1. The summed E-state index contributed by atoms with van der Waals surface area (Å²) in [6.07, 6.45) is -4.11. The van der Waals surface area contributed by atoms with Crippen molar-refractivity contribution in [2.75, 3.05) is 0 Å². The molecule has 34 heavy (non-hydrogen) atoms. The lowest BCUT2D eigenvalue weighted by atomic mass is 10.2. The van der Waals surface area contributed by atoms with Crippen molar-refractivity contribution in [1.29, 1.82) is 0 Å². The van der Waals surface area contributed by atoms with E-state index in [0.29, 0.717) is 17.6 Å². The van der Waals surface area contributed by atoms with E-state index in [1.165, 1.54) is 18.3 Å². The van der Waals surface area contributed by atoms with Gasteiger partial charge in [0.15, 0.2) is 17.7 Å². The smallest absolute Gasteiger partial charge is 0.425 e. The first-order chi connectivity index (χ1) is 16.0. The second-order valence-corrected chi connectivity index (χ2v) is 7.39. The van der Waals surface area contributed by atoms with E-state index in [1.54, 1.807) is 6.92 Å². The normalized spacial score (nSPS) is 13.3. The SMILES string of the molecule is CCn1c(CO)cn(-c2nc(O[C@@H](C)C(F)(F)F)c(/C(F)=C/c3ncccc3Cl)cc2F)c1=O. The van der Waals surface area contributed by atoms with Crippen molar-refractivity contribution in [3.05, 3.63) is 68.9 Å². The van der Waals surface area contributed by atoms with E-state index in [1.807, 2.05) is 0 Å². The first kappa shape index (κ1) is 25.4. The Morgan fingerprint density at radius 2 is 2.09 bits per heavy atom. The van der Waals surface area contributed by atoms with E-state index >= 15 is 4.39 Å². The standard InChI is InChI=1S/C21H18ClF5N4O3/c1-3-30-12(10-32)9-31(20(30)33)18-16(24)7-13(19(29-18)34-11(2)21(25,26)27)15(23)8-17-14(22)5-4-6-28-17/h4-9,11,32H,3,10H2,1-2H3/b15-8-/t11-/m0/s1. The molecule has 1 N–H and O–H groups in total. The molecule has 0 aliphatic rings. The van der Waals surface area contributed by atoms with Crippen LogP contribution in [0.4, 0.5) is 22.0 Å². The summed E-state index contributed by atoms with van der Waals surface area (Å²) in [6, 6.07) is 3.44. The Balaban J connectivity index is 2.21. The Morgan fingerprint density at radius 1 is 1.38 bits per heavy atom. The summed E-state index contributed by atoms with van der Waals surface area (Å²) < 4.78 is 76.1. The van der Waals surface area contributed by atoms with Gasteiger partial charge in [-0.05, 0) is 32.0 Å². The molecule has 3 aromatic heterocycles. The Morgan fingerprint density at radius 3 is 2.65 bits per heavy atom. The van der Waals surface area contributed by atoms with Gasteiger partial charge in [-0.2, -0.15) is 18.2 Å². The monoisotopic (exact) mass is 504 g/mol. The summed E-state index contributed by atoms with van der Waals surface area (Å²) in [5.41, 5.74) is -1.51. The average Bonchev–Trinajstić information content (AvgIpc) is 3.10. The van der Waals surface area contributed by atoms with Crippen molar-refractivity contribution < 1.29 is 31.8 Å². The highest BCUT2D eigenvalue weighted by Gasteiger charge is 2.39. The van der Waals surface area contributed by atoms with E-state index in [2.05, 4.69) is 9.97 Å². The molecule has 0 aliphatic heterocycles. The topological polar surface area (TPSA) is 82.2 Å². The fourth-order valence-electron chi connectivity index (χ4n) is 2.97. The van der Waals surface area contributed by atoms with Crippen molar-refractivity contribution in [3.63, 3.8) is 0 Å². The average molecular weight is 505 g/mol. The minimum absolute atomic E-state index is 0.0396. The largest absolute Gasteiger partial charge is 0.464 e. The molecule has 0 aromatic carbocycles. The van der Waals surface area contributed by atoms with Gasteiger partial charge in [0.25, 0.3) is 0 Å². The highest BCUT2D eigenvalue weighted by Crippen LogP contribution is 2.33. The lowest BCUT2D eigenvalue weighted by molar-refractivity contribution is -0.190. The molecule has 3 aromatic rings. The predicted molar refractivity (Wildman–Crippen MR) is 114 cm³/mol. The van der Waals surface area contributed by atoms with Gasteiger partial charge >= 0.3 is 11.9 Å². The minimum Gasteiger partial charge on any atom is -0.464 e. The number of halogens is 6. The molecule has 3 rings (SSSR count). The molecule has 0 unspecified atom stereocenters. The van der Waals surface area contributed by atoms with Gasteiger partial charge in [0, 0.05) is 25.0 Å². The van der Waals surface area contributed by atoms with Gasteiger partial charge in [-0.1, -0.05) is 11.6 Å². The molecule has 0 bridgehead atoms. The van der Waals surface area contributed by atoms with Crippen LogP contribution in [0, 0.1) is 5.82 Å². The molecule has 0 spiro atoms. The Hall–Kier alpha value is -3.25. The van der Waals surface area contributed by atoms with Gasteiger partial charge in [-0.15, -0.1) is 0 Å². The number of hydrogen-bond donors (Lipinski definition) is 1. The lowest BCUT2D eigenvalue weighted by Gasteiger charge is -2.19. The van der Waals surface area contributed by atoms with Gasteiger partial charge in [0.2, 0.25) is 5.88 Å². The molecule has 0 saturated heterocycles. The summed E-state index contributed by atoms with van der Waals surface area (Å²) in [7, 11) is 0. The number of aromatic nitrogens is 4. The van der Waals surface area contributed by atoms with Gasteiger partial charge in [0.05, 0.1) is 28.6 Å². The maximum Gasteiger partial charge on any atom is 0.425 e. The molecule has 13 heteroatoms. The van der Waals surface area contributed by atoms with E-state index in [0.717, 1.165) is 16.8 Å². The van der Waals surface area contributed by atoms with Crippen molar-refractivity contribution in [3.8, 4) is 11.7 Å². The zero-order valence-electron chi connectivity index (χ0n) is 17.8. The zero-order chi connectivity index (χ0) is 25.2. The number of aliphatic hydroxyl groups is 1. The third kappa shape index (κ3) is 5.12. The van der Waals surface area contributed by atoms with Crippen LogP contribution in [-0.4, -0.2) is 36.5 Å². The van der Waals surface area contributed by atoms with Gasteiger partial charge < -0.3 is 9.84 Å². The van der Waals surface area contributed by atoms with Crippen LogP contribution >= 0.6 is 11.6 Å². The number of hydrogen-bond acceptors (Lipinski definition) is 5. The Kier molecular flexibility index (Phi) is 7.41. The summed E-state index contributed by atoms with van der Waals surface area (Å²) in [4.78, 5) is 20.2. The van der Waals surface area contributed by atoms with Crippen molar-refractivity contribution in [2.45, 2.75) is 39.3 Å². The molecule has 0 radical (unpaired) electrons. The first-order valence-electron chi connectivity index (χ1n) is 9.82. The highest BCUT2D eigenvalue weighted by atomic mass is 35.5. The second kappa shape index (κ2) is 9.94. The van der Waals surface area contributed by atoms with Gasteiger partial charge in [-0.3, -0.25) is 9.55 Å². The van der Waals surface area contributed by atoms with Crippen LogP contribution in [0.25, 0.3) is 17.7 Å². The Bertz CT molecular complexity index is 1290. The van der Waals surface area contributed by atoms with Crippen LogP contribution in [0.3, 0.4) is 0 Å². The lowest BCUT2D eigenvalue weighted by Crippen LogP contribution is -2.32. The van der Waals surface area contributed by atoms with Crippen molar-refractivity contribution in [2.24, 2.45) is 0 Å². The van der Waals surface area contributed by atoms with E-state index in [4.69, 9.17) is 16.3 Å². The zero-order valence-corrected chi connectivity index (χ0v) is 18.5. The fraction of sp³-hybridized carbons (Fsp3) is 0.286. The molecular formula is C21H18ClF5N4O3. The van der Waals surface area contributed by atoms with Crippen LogP contribution < -0.4 is 10.4 Å². The van der Waals surface area contributed by atoms with Crippen molar-refractivity contribution >= 4 is 23.5 Å². The molecule has 7 nitrogen and oxygen atoms in total. The second-order valence-electron chi connectivity index (χ2n) is 6.99. The summed E-state index contributed by atoms with van der Waals surface area (Å²) in [6.45, 7) is 1.82. The third-order valence-corrected chi connectivity index (χ3v) is 5.07. The summed E-state index contributed by atoms with van der Waals surface area (Å²) >= 11 is 5.93. The minimum atomic E-state index is -4.84. The third-order valence-electron chi connectivity index (χ3n) is 4.75. The molecule has 0 amide bonds. The molecule has 3 heterocycles. The van der Waals surface area contributed by atoms with Crippen LogP contribution in [-0.2, 0) is 13.2 Å². The Labute approximate surface area is 194 Å². The molecule has 0 aliphatic carbocycles. The number of imidazole rings is 1. The highest BCUT2D eigenvalue weighted by molar-refractivity contribution is 6.32. The predicted octanol–water partition coefficient (Wildman–Crippen LogP) is 4.53. The molecule has 0 saturated carbocycles. The molecular weight excluding hydrogens is 487 g/mol. The van der Waals surface area contributed by atoms with Gasteiger partial charge in [-0.25, -0.2) is 18.1 Å². The first-order valence-corrected chi connectivity index (χ1v) is 10.2. The fourth-order valence-corrected chi connectivity index (χ4v) is 3.15.